The molecular formula is C10H21NO2. The minimum absolute atomic E-state index is 0.637. The molecule has 0 aromatic heterocycles. The number of methoxy groups -OCH3 is 1. The molecule has 0 amide bonds. The fraction of sp³-hybridized carbons (Fsp3) is 1.00. The number of ether oxygens (including phenoxy) is 2. The van der Waals surface area contributed by atoms with Crippen LogP contribution in [-0.2, 0) is 9.47 Å². The van der Waals surface area contributed by atoms with E-state index in [0.29, 0.717) is 13.2 Å². The lowest BCUT2D eigenvalue weighted by Gasteiger charge is -2.01. The van der Waals surface area contributed by atoms with Crippen LogP contribution in [0.1, 0.15) is 19.3 Å². The molecule has 0 aromatic carbocycles. The highest BCUT2D eigenvalue weighted by Crippen LogP contribution is 2.43. The standard InChI is InChI=1S/C10H21NO2/c1-12-5-2-9-8-10(9)3-6-13-7-4-11/h9-10H,2-8,11H2,1H3. The maximum atomic E-state index is 5.33. The van der Waals surface area contributed by atoms with Crippen molar-refractivity contribution in [3.05, 3.63) is 0 Å². The van der Waals surface area contributed by atoms with Gasteiger partial charge in [0, 0.05) is 26.9 Å². The number of rotatable bonds is 8. The molecule has 1 aliphatic rings. The van der Waals surface area contributed by atoms with Crippen molar-refractivity contribution in [2.45, 2.75) is 19.3 Å². The van der Waals surface area contributed by atoms with E-state index in [1.165, 1.54) is 19.3 Å². The molecule has 0 saturated heterocycles. The lowest BCUT2D eigenvalue weighted by molar-refractivity contribution is 0.133. The Morgan fingerprint density at radius 2 is 1.85 bits per heavy atom. The van der Waals surface area contributed by atoms with Gasteiger partial charge in [-0.05, 0) is 31.1 Å². The molecule has 3 heteroatoms. The zero-order chi connectivity index (χ0) is 9.52. The highest BCUT2D eigenvalue weighted by Gasteiger charge is 2.35. The van der Waals surface area contributed by atoms with Crippen molar-refractivity contribution in [3.8, 4) is 0 Å². The molecule has 78 valence electrons. The van der Waals surface area contributed by atoms with E-state index in [-0.39, 0.29) is 0 Å². The molecule has 1 rings (SSSR count). The quantitative estimate of drug-likeness (QED) is 0.577. The largest absolute Gasteiger partial charge is 0.385 e. The van der Waals surface area contributed by atoms with E-state index in [9.17, 15) is 0 Å². The maximum absolute atomic E-state index is 5.33. The van der Waals surface area contributed by atoms with Crippen LogP contribution in [0.4, 0.5) is 0 Å². The first kappa shape index (κ1) is 11.0. The summed E-state index contributed by atoms with van der Waals surface area (Å²) in [5.41, 5.74) is 5.31. The third-order valence-corrected chi connectivity index (χ3v) is 2.66. The first-order chi connectivity index (χ1) is 6.38. The summed E-state index contributed by atoms with van der Waals surface area (Å²) >= 11 is 0. The molecule has 0 radical (unpaired) electrons. The van der Waals surface area contributed by atoms with Crippen LogP contribution in [0.25, 0.3) is 0 Å². The predicted octanol–water partition coefficient (Wildman–Crippen LogP) is 1.02. The second-order valence-electron chi connectivity index (χ2n) is 3.73. The van der Waals surface area contributed by atoms with E-state index in [1.807, 2.05) is 0 Å². The Labute approximate surface area is 80.6 Å². The van der Waals surface area contributed by atoms with Gasteiger partial charge in [0.1, 0.15) is 0 Å². The van der Waals surface area contributed by atoms with Gasteiger partial charge in [-0.3, -0.25) is 0 Å². The van der Waals surface area contributed by atoms with Gasteiger partial charge in [0.2, 0.25) is 0 Å². The Kier molecular flexibility index (Phi) is 5.35. The monoisotopic (exact) mass is 187 g/mol. The molecule has 0 bridgehead atoms. The van der Waals surface area contributed by atoms with Gasteiger partial charge in [-0.2, -0.15) is 0 Å². The molecule has 0 aromatic rings. The van der Waals surface area contributed by atoms with Crippen molar-refractivity contribution in [2.24, 2.45) is 17.6 Å². The van der Waals surface area contributed by atoms with E-state index in [0.717, 1.165) is 25.0 Å². The summed E-state index contributed by atoms with van der Waals surface area (Å²) in [6.45, 7) is 3.13. The molecule has 0 heterocycles. The van der Waals surface area contributed by atoms with Gasteiger partial charge in [-0.15, -0.1) is 0 Å². The lowest BCUT2D eigenvalue weighted by Crippen LogP contribution is -2.09. The van der Waals surface area contributed by atoms with Crippen molar-refractivity contribution in [2.75, 3.05) is 33.5 Å². The Morgan fingerprint density at radius 1 is 1.15 bits per heavy atom. The predicted molar refractivity (Wildman–Crippen MR) is 52.6 cm³/mol. The molecular weight excluding hydrogens is 166 g/mol. The fourth-order valence-corrected chi connectivity index (χ4v) is 1.71. The molecule has 2 unspecified atom stereocenters. The first-order valence-corrected chi connectivity index (χ1v) is 5.15. The summed E-state index contributed by atoms with van der Waals surface area (Å²) in [7, 11) is 1.77. The molecule has 1 aliphatic carbocycles. The Balaban J connectivity index is 1.83. The summed E-state index contributed by atoms with van der Waals surface area (Å²) in [6, 6.07) is 0. The van der Waals surface area contributed by atoms with Crippen LogP contribution >= 0.6 is 0 Å². The second-order valence-corrected chi connectivity index (χ2v) is 3.73. The second kappa shape index (κ2) is 6.35. The van der Waals surface area contributed by atoms with Crippen LogP contribution in [0, 0.1) is 11.8 Å². The number of hydrogen-bond donors (Lipinski definition) is 1. The zero-order valence-corrected chi connectivity index (χ0v) is 8.50. The van der Waals surface area contributed by atoms with Crippen molar-refractivity contribution in [3.63, 3.8) is 0 Å². The fourth-order valence-electron chi connectivity index (χ4n) is 1.71. The van der Waals surface area contributed by atoms with Gasteiger partial charge < -0.3 is 15.2 Å². The summed E-state index contributed by atoms with van der Waals surface area (Å²) in [6.07, 6.45) is 3.79. The van der Waals surface area contributed by atoms with Gasteiger partial charge in [0.05, 0.1) is 6.61 Å². The van der Waals surface area contributed by atoms with Crippen LogP contribution in [0.5, 0.6) is 0 Å². The average Bonchev–Trinajstić information content (AvgIpc) is 2.88. The lowest BCUT2D eigenvalue weighted by atomic mass is 10.2. The Morgan fingerprint density at radius 3 is 2.46 bits per heavy atom. The van der Waals surface area contributed by atoms with Crippen LogP contribution < -0.4 is 5.73 Å². The van der Waals surface area contributed by atoms with Crippen LogP contribution in [0.3, 0.4) is 0 Å². The third kappa shape index (κ3) is 4.60. The van der Waals surface area contributed by atoms with Crippen LogP contribution in [-0.4, -0.2) is 33.5 Å². The molecule has 0 aliphatic heterocycles. The molecule has 3 nitrogen and oxygen atoms in total. The molecule has 1 fully saturated rings. The normalized spacial score (nSPS) is 26.3. The van der Waals surface area contributed by atoms with Crippen molar-refractivity contribution in [1.29, 1.82) is 0 Å². The molecule has 2 atom stereocenters. The van der Waals surface area contributed by atoms with Gasteiger partial charge in [0.25, 0.3) is 0 Å². The minimum atomic E-state index is 0.637. The summed E-state index contributed by atoms with van der Waals surface area (Å²) in [5.74, 6) is 1.80. The van der Waals surface area contributed by atoms with E-state index in [1.54, 1.807) is 7.11 Å². The van der Waals surface area contributed by atoms with Crippen molar-refractivity contribution >= 4 is 0 Å². The summed E-state index contributed by atoms with van der Waals surface area (Å²) in [4.78, 5) is 0. The van der Waals surface area contributed by atoms with Crippen molar-refractivity contribution in [1.82, 2.24) is 0 Å². The molecule has 13 heavy (non-hydrogen) atoms. The van der Waals surface area contributed by atoms with E-state index < -0.39 is 0 Å². The van der Waals surface area contributed by atoms with Crippen LogP contribution in [0.2, 0.25) is 0 Å². The molecule has 2 N–H and O–H groups in total. The smallest absolute Gasteiger partial charge is 0.0588 e. The topological polar surface area (TPSA) is 44.5 Å². The highest BCUT2D eigenvalue weighted by atomic mass is 16.5. The van der Waals surface area contributed by atoms with E-state index in [2.05, 4.69) is 0 Å². The number of hydrogen-bond acceptors (Lipinski definition) is 3. The van der Waals surface area contributed by atoms with Gasteiger partial charge >= 0.3 is 0 Å². The van der Waals surface area contributed by atoms with Crippen molar-refractivity contribution < 1.29 is 9.47 Å². The minimum Gasteiger partial charge on any atom is -0.385 e. The first-order valence-electron chi connectivity index (χ1n) is 5.15. The maximum Gasteiger partial charge on any atom is 0.0588 e. The Hall–Kier alpha value is -0.120. The van der Waals surface area contributed by atoms with E-state index in [4.69, 9.17) is 15.2 Å². The Bertz CT molecular complexity index is 130. The van der Waals surface area contributed by atoms with Gasteiger partial charge in [-0.25, -0.2) is 0 Å². The van der Waals surface area contributed by atoms with Gasteiger partial charge in [0.15, 0.2) is 0 Å². The third-order valence-electron chi connectivity index (χ3n) is 2.66. The van der Waals surface area contributed by atoms with E-state index >= 15 is 0 Å². The summed E-state index contributed by atoms with van der Waals surface area (Å²) < 4.78 is 10.4. The average molecular weight is 187 g/mol. The molecule has 0 spiro atoms. The SMILES string of the molecule is COCCC1CC1CCOCCN. The zero-order valence-electron chi connectivity index (χ0n) is 8.50. The van der Waals surface area contributed by atoms with Crippen LogP contribution in [0.15, 0.2) is 0 Å². The summed E-state index contributed by atoms with van der Waals surface area (Å²) in [5, 5.41) is 0. The number of nitrogens with two attached hydrogens (primary N) is 1. The van der Waals surface area contributed by atoms with Gasteiger partial charge in [-0.1, -0.05) is 0 Å². The molecule has 1 saturated carbocycles. The highest BCUT2D eigenvalue weighted by molar-refractivity contribution is 4.85.